The number of para-hydroxylation sites is 1. The predicted molar refractivity (Wildman–Crippen MR) is 80.4 cm³/mol. The van der Waals surface area contributed by atoms with E-state index in [9.17, 15) is 9.59 Å². The number of nitrogens with one attached hydrogen (secondary N) is 1. The summed E-state index contributed by atoms with van der Waals surface area (Å²) in [6.45, 7) is 0. The van der Waals surface area contributed by atoms with Crippen molar-refractivity contribution in [3.8, 4) is 0 Å². The number of aromatic nitrogens is 1. The van der Waals surface area contributed by atoms with Gasteiger partial charge in [0.1, 0.15) is 11.1 Å². The van der Waals surface area contributed by atoms with Gasteiger partial charge in [0, 0.05) is 11.6 Å². The van der Waals surface area contributed by atoms with Gasteiger partial charge in [-0.3, -0.25) is 4.79 Å². The smallest absolute Gasteiger partial charge is 0.349 e. The monoisotopic (exact) mass is 300 g/mol. The third-order valence-electron chi connectivity index (χ3n) is 2.98. The van der Waals surface area contributed by atoms with Crippen LogP contribution in [0.4, 0.5) is 11.4 Å². The van der Waals surface area contributed by atoms with Crippen LogP contribution in [0.3, 0.4) is 0 Å². The maximum atomic E-state index is 11.9. The van der Waals surface area contributed by atoms with Gasteiger partial charge < -0.3 is 9.73 Å². The number of carbonyl (C=O) groups is 1. The SMILES string of the molecule is O=Cc1c(Nc2cccnc2Cl)c2ccccc2oc1=O. The molecule has 6 heteroatoms. The number of hydrogen-bond acceptors (Lipinski definition) is 5. The summed E-state index contributed by atoms with van der Waals surface area (Å²) in [5, 5.41) is 3.84. The second kappa shape index (κ2) is 5.38. The lowest BCUT2D eigenvalue weighted by Gasteiger charge is -2.11. The number of hydrogen-bond donors (Lipinski definition) is 1. The van der Waals surface area contributed by atoms with Crippen molar-refractivity contribution < 1.29 is 9.21 Å². The van der Waals surface area contributed by atoms with E-state index in [4.69, 9.17) is 16.0 Å². The van der Waals surface area contributed by atoms with E-state index in [2.05, 4.69) is 10.3 Å². The average molecular weight is 301 g/mol. The number of aldehydes is 1. The van der Waals surface area contributed by atoms with Crippen molar-refractivity contribution in [2.24, 2.45) is 0 Å². The largest absolute Gasteiger partial charge is 0.422 e. The molecule has 0 spiro atoms. The maximum Gasteiger partial charge on any atom is 0.349 e. The van der Waals surface area contributed by atoms with Gasteiger partial charge in [-0.2, -0.15) is 0 Å². The summed E-state index contributed by atoms with van der Waals surface area (Å²) >= 11 is 6.00. The maximum absolute atomic E-state index is 11.9. The third kappa shape index (κ3) is 2.39. The van der Waals surface area contributed by atoms with E-state index in [0.29, 0.717) is 28.6 Å². The van der Waals surface area contributed by atoms with Crippen LogP contribution >= 0.6 is 11.6 Å². The molecule has 1 aromatic carbocycles. The molecule has 0 aliphatic carbocycles. The van der Waals surface area contributed by atoms with E-state index in [1.54, 1.807) is 42.6 Å². The van der Waals surface area contributed by atoms with Crippen molar-refractivity contribution in [2.75, 3.05) is 5.32 Å². The summed E-state index contributed by atoms with van der Waals surface area (Å²) in [7, 11) is 0. The van der Waals surface area contributed by atoms with Gasteiger partial charge in [-0.25, -0.2) is 9.78 Å². The Hall–Kier alpha value is -2.66. The van der Waals surface area contributed by atoms with Crippen LogP contribution < -0.4 is 10.9 Å². The molecule has 0 aliphatic rings. The van der Waals surface area contributed by atoms with Crippen molar-refractivity contribution in [2.45, 2.75) is 0 Å². The van der Waals surface area contributed by atoms with Gasteiger partial charge in [0.15, 0.2) is 11.4 Å². The topological polar surface area (TPSA) is 72.2 Å². The fourth-order valence-electron chi connectivity index (χ4n) is 2.02. The zero-order chi connectivity index (χ0) is 14.8. The predicted octanol–water partition coefficient (Wildman–Crippen LogP) is 3.40. The van der Waals surface area contributed by atoms with Crippen LogP contribution in [-0.4, -0.2) is 11.3 Å². The Bertz CT molecular complexity index is 889. The Kier molecular flexibility index (Phi) is 3.41. The van der Waals surface area contributed by atoms with E-state index < -0.39 is 5.63 Å². The summed E-state index contributed by atoms with van der Waals surface area (Å²) < 4.78 is 5.12. The molecule has 0 radical (unpaired) electrons. The fraction of sp³-hybridized carbons (Fsp3) is 0. The molecule has 0 amide bonds. The van der Waals surface area contributed by atoms with Crippen LogP contribution in [0, 0.1) is 0 Å². The van der Waals surface area contributed by atoms with Crippen LogP contribution in [0.25, 0.3) is 11.0 Å². The molecule has 0 fully saturated rings. The van der Waals surface area contributed by atoms with Crippen molar-refractivity contribution in [1.82, 2.24) is 4.98 Å². The van der Waals surface area contributed by atoms with E-state index in [-0.39, 0.29) is 10.7 Å². The number of halogens is 1. The highest BCUT2D eigenvalue weighted by molar-refractivity contribution is 6.32. The van der Waals surface area contributed by atoms with Crippen LogP contribution in [-0.2, 0) is 0 Å². The zero-order valence-electron chi connectivity index (χ0n) is 10.7. The highest BCUT2D eigenvalue weighted by atomic mass is 35.5. The molecule has 3 rings (SSSR count). The Morgan fingerprint density at radius 2 is 2.00 bits per heavy atom. The number of nitrogens with zero attached hydrogens (tertiary/aromatic N) is 1. The first-order valence-corrected chi connectivity index (χ1v) is 6.47. The molecule has 0 atom stereocenters. The lowest BCUT2D eigenvalue weighted by molar-refractivity contribution is 0.112. The minimum Gasteiger partial charge on any atom is -0.422 e. The van der Waals surface area contributed by atoms with Gasteiger partial charge >= 0.3 is 5.63 Å². The van der Waals surface area contributed by atoms with Crippen molar-refractivity contribution in [1.29, 1.82) is 0 Å². The summed E-state index contributed by atoms with van der Waals surface area (Å²) in [6, 6.07) is 10.3. The van der Waals surface area contributed by atoms with Crippen molar-refractivity contribution >= 4 is 40.2 Å². The molecular formula is C15H9ClN2O3. The van der Waals surface area contributed by atoms with E-state index in [1.165, 1.54) is 0 Å². The Morgan fingerprint density at radius 3 is 2.76 bits per heavy atom. The normalized spacial score (nSPS) is 10.5. The highest BCUT2D eigenvalue weighted by Gasteiger charge is 2.15. The van der Waals surface area contributed by atoms with E-state index in [0.717, 1.165) is 0 Å². The van der Waals surface area contributed by atoms with Crippen LogP contribution in [0.5, 0.6) is 0 Å². The quantitative estimate of drug-likeness (QED) is 0.456. The third-order valence-corrected chi connectivity index (χ3v) is 3.29. The number of rotatable bonds is 3. The molecule has 0 saturated carbocycles. The molecule has 0 aliphatic heterocycles. The molecule has 3 aromatic rings. The number of carbonyl (C=O) groups excluding carboxylic acids is 1. The Balaban J connectivity index is 2.27. The Morgan fingerprint density at radius 1 is 1.19 bits per heavy atom. The van der Waals surface area contributed by atoms with Gasteiger partial charge in [-0.05, 0) is 24.3 Å². The molecule has 0 saturated heterocycles. The van der Waals surface area contributed by atoms with Crippen LogP contribution in [0.15, 0.2) is 51.8 Å². The molecule has 104 valence electrons. The summed E-state index contributed by atoms with van der Waals surface area (Å²) in [5.74, 6) is 0. The summed E-state index contributed by atoms with van der Waals surface area (Å²) in [6.07, 6.45) is 2.01. The molecule has 1 N–H and O–H groups in total. The minimum absolute atomic E-state index is 0.0892. The second-order valence-corrected chi connectivity index (χ2v) is 4.62. The van der Waals surface area contributed by atoms with Gasteiger partial charge in [0.2, 0.25) is 0 Å². The van der Waals surface area contributed by atoms with Crippen molar-refractivity contribution in [3.05, 3.63) is 63.7 Å². The fourth-order valence-corrected chi connectivity index (χ4v) is 2.19. The number of fused-ring (bicyclic) bond motifs is 1. The lowest BCUT2D eigenvalue weighted by Crippen LogP contribution is -2.11. The summed E-state index contributed by atoms with van der Waals surface area (Å²) in [4.78, 5) is 27.0. The van der Waals surface area contributed by atoms with E-state index >= 15 is 0 Å². The molecule has 5 nitrogen and oxygen atoms in total. The van der Waals surface area contributed by atoms with Gasteiger partial charge in [0.25, 0.3) is 0 Å². The van der Waals surface area contributed by atoms with Gasteiger partial charge in [0.05, 0.1) is 11.4 Å². The van der Waals surface area contributed by atoms with Gasteiger partial charge in [-0.1, -0.05) is 23.7 Å². The number of pyridine rings is 1. The van der Waals surface area contributed by atoms with E-state index in [1.807, 2.05) is 0 Å². The first-order valence-electron chi connectivity index (χ1n) is 6.09. The number of anilines is 2. The summed E-state index contributed by atoms with van der Waals surface area (Å²) in [5.41, 5.74) is 0.445. The Labute approximate surface area is 124 Å². The molecule has 21 heavy (non-hydrogen) atoms. The average Bonchev–Trinajstić information content (AvgIpc) is 2.49. The van der Waals surface area contributed by atoms with Crippen molar-refractivity contribution in [3.63, 3.8) is 0 Å². The molecule has 2 aromatic heterocycles. The first kappa shape index (κ1) is 13.3. The first-order chi connectivity index (χ1) is 10.2. The molecular weight excluding hydrogens is 292 g/mol. The zero-order valence-corrected chi connectivity index (χ0v) is 11.4. The molecule has 0 unspecified atom stereocenters. The molecule has 0 bridgehead atoms. The number of benzene rings is 1. The second-order valence-electron chi connectivity index (χ2n) is 4.26. The molecule has 2 heterocycles. The lowest BCUT2D eigenvalue weighted by atomic mass is 10.1. The standard InChI is InChI=1S/C15H9ClN2O3/c16-14-11(5-3-7-17-14)18-13-9-4-1-2-6-12(9)21-15(20)10(13)8-19/h1-8,18H. The highest BCUT2D eigenvalue weighted by Crippen LogP contribution is 2.29. The van der Waals surface area contributed by atoms with Gasteiger partial charge in [-0.15, -0.1) is 0 Å². The minimum atomic E-state index is -0.703. The van der Waals surface area contributed by atoms with Crippen LogP contribution in [0.2, 0.25) is 5.15 Å². The van der Waals surface area contributed by atoms with Crippen LogP contribution in [0.1, 0.15) is 10.4 Å².